The zero-order chi connectivity index (χ0) is 13.9. The molecule has 1 aliphatic carbocycles. The largest absolute Gasteiger partial charge is 0.507 e. The van der Waals surface area contributed by atoms with Crippen LogP contribution in [0.15, 0.2) is 12.1 Å². The first-order valence-electron chi connectivity index (χ1n) is 7.50. The maximum atomic E-state index is 9.78. The molecule has 0 saturated heterocycles. The third-order valence-corrected chi connectivity index (χ3v) is 4.49. The van der Waals surface area contributed by atoms with E-state index in [-0.39, 0.29) is 0 Å². The fourth-order valence-corrected chi connectivity index (χ4v) is 3.24. The zero-order valence-electron chi connectivity index (χ0n) is 12.6. The van der Waals surface area contributed by atoms with Gasteiger partial charge in [0.1, 0.15) is 5.75 Å². The van der Waals surface area contributed by atoms with Crippen molar-refractivity contribution in [2.45, 2.75) is 59.4 Å². The second kappa shape index (κ2) is 5.96. The number of hydrogen-bond donors (Lipinski definition) is 2. The summed E-state index contributed by atoms with van der Waals surface area (Å²) in [6, 6.07) is 4.16. The molecule has 0 amide bonds. The topological polar surface area (TPSA) is 32.3 Å². The molecule has 0 spiro atoms. The van der Waals surface area contributed by atoms with Crippen molar-refractivity contribution in [1.82, 2.24) is 5.32 Å². The van der Waals surface area contributed by atoms with E-state index in [9.17, 15) is 5.11 Å². The summed E-state index contributed by atoms with van der Waals surface area (Å²) in [5.74, 6) is 0.433. The molecule has 1 aromatic carbocycles. The number of phenols is 1. The molecule has 1 aromatic rings. The molecule has 2 nitrogen and oxygen atoms in total. The van der Waals surface area contributed by atoms with E-state index >= 15 is 0 Å². The number of hydrogen-bond acceptors (Lipinski definition) is 2. The van der Waals surface area contributed by atoms with E-state index in [0.717, 1.165) is 24.2 Å². The van der Waals surface area contributed by atoms with E-state index in [4.69, 9.17) is 0 Å². The van der Waals surface area contributed by atoms with Crippen molar-refractivity contribution in [3.8, 4) is 5.75 Å². The summed E-state index contributed by atoms with van der Waals surface area (Å²) in [6.45, 7) is 8.35. The van der Waals surface area contributed by atoms with Gasteiger partial charge < -0.3 is 10.4 Å². The Labute approximate surface area is 117 Å². The lowest BCUT2D eigenvalue weighted by Crippen LogP contribution is -2.33. The highest BCUT2D eigenvalue weighted by molar-refractivity contribution is 5.42. The van der Waals surface area contributed by atoms with Gasteiger partial charge in [0, 0.05) is 13.1 Å². The highest BCUT2D eigenvalue weighted by atomic mass is 16.3. The van der Waals surface area contributed by atoms with E-state index in [1.165, 1.54) is 37.7 Å². The third-order valence-electron chi connectivity index (χ3n) is 4.49. The average molecular weight is 261 g/mol. The molecular weight excluding hydrogens is 234 g/mol. The minimum Gasteiger partial charge on any atom is -0.507 e. The normalized spacial score (nSPS) is 18.5. The number of phenolic OH excluding ortho intramolecular Hbond substituents is 1. The van der Waals surface area contributed by atoms with E-state index in [0.29, 0.717) is 11.2 Å². The predicted octanol–water partition coefficient (Wildman–Crippen LogP) is 4.07. The molecule has 2 N–H and O–H groups in total. The van der Waals surface area contributed by atoms with E-state index in [1.54, 1.807) is 0 Å². The maximum Gasteiger partial charge on any atom is 0.121 e. The Balaban J connectivity index is 1.89. The smallest absolute Gasteiger partial charge is 0.121 e. The third kappa shape index (κ3) is 3.73. The second-order valence-electron chi connectivity index (χ2n) is 6.55. The molecule has 106 valence electrons. The van der Waals surface area contributed by atoms with Crippen molar-refractivity contribution in [3.05, 3.63) is 28.8 Å². The summed E-state index contributed by atoms with van der Waals surface area (Å²) < 4.78 is 0. The van der Waals surface area contributed by atoms with Gasteiger partial charge in [-0.05, 0) is 48.8 Å². The van der Waals surface area contributed by atoms with E-state index in [2.05, 4.69) is 24.4 Å². The second-order valence-corrected chi connectivity index (χ2v) is 6.55. The lowest BCUT2D eigenvalue weighted by atomic mass is 9.76. The predicted molar refractivity (Wildman–Crippen MR) is 80.5 cm³/mol. The van der Waals surface area contributed by atoms with Crippen LogP contribution in [0.5, 0.6) is 5.75 Å². The lowest BCUT2D eigenvalue weighted by molar-refractivity contribution is 0.207. The van der Waals surface area contributed by atoms with E-state index < -0.39 is 0 Å². The van der Waals surface area contributed by atoms with Crippen molar-refractivity contribution < 1.29 is 5.11 Å². The summed E-state index contributed by atoms with van der Waals surface area (Å²) in [6.07, 6.45) is 6.89. The SMILES string of the molecule is Cc1cc(CNCC2(C)CCCCC2)cc(C)c1O. The molecule has 0 atom stereocenters. The number of benzene rings is 1. The number of nitrogens with one attached hydrogen (secondary N) is 1. The molecule has 0 radical (unpaired) electrons. The van der Waals surface area contributed by atoms with Gasteiger partial charge in [-0.25, -0.2) is 0 Å². The fourth-order valence-electron chi connectivity index (χ4n) is 3.24. The molecule has 1 saturated carbocycles. The van der Waals surface area contributed by atoms with Gasteiger partial charge in [-0.2, -0.15) is 0 Å². The van der Waals surface area contributed by atoms with Gasteiger partial charge in [-0.3, -0.25) is 0 Å². The molecule has 0 aliphatic heterocycles. The lowest BCUT2D eigenvalue weighted by Gasteiger charge is -2.33. The van der Waals surface area contributed by atoms with Gasteiger partial charge in [0.25, 0.3) is 0 Å². The van der Waals surface area contributed by atoms with Gasteiger partial charge in [-0.15, -0.1) is 0 Å². The van der Waals surface area contributed by atoms with Crippen LogP contribution in [0, 0.1) is 19.3 Å². The van der Waals surface area contributed by atoms with Crippen molar-refractivity contribution in [2.75, 3.05) is 6.54 Å². The van der Waals surface area contributed by atoms with Crippen molar-refractivity contribution >= 4 is 0 Å². The Bertz CT molecular complexity index is 410. The summed E-state index contributed by atoms with van der Waals surface area (Å²) >= 11 is 0. The van der Waals surface area contributed by atoms with Crippen LogP contribution in [-0.4, -0.2) is 11.7 Å². The number of rotatable bonds is 4. The van der Waals surface area contributed by atoms with Crippen LogP contribution in [-0.2, 0) is 6.54 Å². The Kier molecular flexibility index (Phi) is 4.51. The molecule has 1 aliphatic rings. The molecule has 1 fully saturated rings. The van der Waals surface area contributed by atoms with Gasteiger partial charge in [-0.1, -0.05) is 38.3 Å². The van der Waals surface area contributed by atoms with Crippen molar-refractivity contribution in [3.63, 3.8) is 0 Å². The molecule has 0 unspecified atom stereocenters. The summed E-state index contributed by atoms with van der Waals surface area (Å²) in [7, 11) is 0. The van der Waals surface area contributed by atoms with Crippen LogP contribution in [0.1, 0.15) is 55.7 Å². The van der Waals surface area contributed by atoms with Gasteiger partial charge in [0.15, 0.2) is 0 Å². The highest BCUT2D eigenvalue weighted by Gasteiger charge is 2.25. The van der Waals surface area contributed by atoms with Crippen molar-refractivity contribution in [1.29, 1.82) is 0 Å². The summed E-state index contributed by atoms with van der Waals surface area (Å²) in [4.78, 5) is 0. The number of aromatic hydroxyl groups is 1. The van der Waals surface area contributed by atoms with Gasteiger partial charge >= 0.3 is 0 Å². The van der Waals surface area contributed by atoms with Crippen LogP contribution >= 0.6 is 0 Å². The maximum absolute atomic E-state index is 9.78. The van der Waals surface area contributed by atoms with Gasteiger partial charge in [0.05, 0.1) is 0 Å². The Morgan fingerprint density at radius 3 is 2.26 bits per heavy atom. The Morgan fingerprint density at radius 2 is 1.68 bits per heavy atom. The molecule has 2 heteroatoms. The number of aryl methyl sites for hydroxylation is 2. The highest BCUT2D eigenvalue weighted by Crippen LogP contribution is 2.35. The molecule has 0 bridgehead atoms. The van der Waals surface area contributed by atoms with Crippen LogP contribution in [0.4, 0.5) is 0 Å². The van der Waals surface area contributed by atoms with Crippen LogP contribution in [0.3, 0.4) is 0 Å². The standard InChI is InChI=1S/C17H27NO/c1-13-9-15(10-14(2)16(13)19)11-18-12-17(3)7-5-4-6-8-17/h9-10,18-19H,4-8,11-12H2,1-3H3. The van der Waals surface area contributed by atoms with Crippen LogP contribution in [0.25, 0.3) is 0 Å². The average Bonchev–Trinajstić information content (AvgIpc) is 2.36. The van der Waals surface area contributed by atoms with Crippen LogP contribution < -0.4 is 5.32 Å². The monoisotopic (exact) mass is 261 g/mol. The molecule has 0 heterocycles. The van der Waals surface area contributed by atoms with Gasteiger partial charge in [0.2, 0.25) is 0 Å². The molecule has 19 heavy (non-hydrogen) atoms. The molecular formula is C17H27NO. The Morgan fingerprint density at radius 1 is 1.11 bits per heavy atom. The fraction of sp³-hybridized carbons (Fsp3) is 0.647. The first kappa shape index (κ1) is 14.4. The molecule has 2 rings (SSSR count). The minimum atomic E-state index is 0.433. The first-order chi connectivity index (χ1) is 9.00. The minimum absolute atomic E-state index is 0.433. The first-order valence-corrected chi connectivity index (χ1v) is 7.50. The van der Waals surface area contributed by atoms with Crippen molar-refractivity contribution in [2.24, 2.45) is 5.41 Å². The van der Waals surface area contributed by atoms with E-state index in [1.807, 2.05) is 13.8 Å². The zero-order valence-corrected chi connectivity index (χ0v) is 12.6. The summed E-state index contributed by atoms with van der Waals surface area (Å²) in [5.41, 5.74) is 3.70. The molecule has 0 aromatic heterocycles. The Hall–Kier alpha value is -1.02. The summed E-state index contributed by atoms with van der Waals surface area (Å²) in [5, 5.41) is 13.4. The van der Waals surface area contributed by atoms with Crippen LogP contribution in [0.2, 0.25) is 0 Å². The quantitative estimate of drug-likeness (QED) is 0.856.